The molecule has 0 aromatic carbocycles. The summed E-state index contributed by atoms with van der Waals surface area (Å²) in [6.07, 6.45) is 5.28. The number of hydrogen-bond donors (Lipinski definition) is 1. The van der Waals surface area contributed by atoms with Crippen LogP contribution in [0.4, 0.5) is 0 Å². The number of halogens is 1. The lowest BCUT2D eigenvalue weighted by molar-refractivity contribution is 0.0686. The van der Waals surface area contributed by atoms with Crippen LogP contribution >= 0.6 is 11.6 Å². The van der Waals surface area contributed by atoms with E-state index in [0.717, 1.165) is 19.4 Å². The smallest absolute Gasteiger partial charge is 0.356 e. The molecule has 21 heavy (non-hydrogen) atoms. The van der Waals surface area contributed by atoms with E-state index >= 15 is 0 Å². The van der Waals surface area contributed by atoms with Crippen molar-refractivity contribution >= 4 is 23.2 Å². The molecule has 3 heterocycles. The summed E-state index contributed by atoms with van der Waals surface area (Å²) < 4.78 is 1.80. The summed E-state index contributed by atoms with van der Waals surface area (Å²) in [5.74, 6) is -0.991. The van der Waals surface area contributed by atoms with Gasteiger partial charge in [-0.25, -0.2) is 9.78 Å². The number of carboxylic acids is 1. The van der Waals surface area contributed by atoms with Gasteiger partial charge in [0.2, 0.25) is 0 Å². The number of imidazole rings is 1. The first-order chi connectivity index (χ1) is 10.1. The molecule has 1 aliphatic heterocycles. The predicted octanol–water partition coefficient (Wildman–Crippen LogP) is 3.06. The van der Waals surface area contributed by atoms with Gasteiger partial charge in [-0.3, -0.25) is 4.90 Å². The monoisotopic (exact) mass is 307 g/mol. The number of aromatic carboxylic acids is 1. The Morgan fingerprint density at radius 2 is 2.29 bits per heavy atom. The van der Waals surface area contributed by atoms with E-state index in [0.29, 0.717) is 29.0 Å². The van der Waals surface area contributed by atoms with Crippen LogP contribution in [0.15, 0.2) is 18.3 Å². The predicted molar refractivity (Wildman–Crippen MR) is 80.9 cm³/mol. The van der Waals surface area contributed by atoms with Crippen LogP contribution in [0.25, 0.3) is 5.65 Å². The van der Waals surface area contributed by atoms with Crippen molar-refractivity contribution in [3.8, 4) is 0 Å². The lowest BCUT2D eigenvalue weighted by Crippen LogP contribution is -2.37. The Balaban J connectivity index is 2.04. The highest BCUT2D eigenvalue weighted by molar-refractivity contribution is 6.30. The zero-order chi connectivity index (χ0) is 15.0. The summed E-state index contributed by atoms with van der Waals surface area (Å²) in [7, 11) is 0. The number of pyridine rings is 1. The average molecular weight is 308 g/mol. The summed E-state index contributed by atoms with van der Waals surface area (Å²) in [5, 5.41) is 9.98. The minimum absolute atomic E-state index is 0.120. The number of nitrogens with zero attached hydrogens (tertiary/aromatic N) is 3. The Kier molecular flexibility index (Phi) is 3.87. The number of fused-ring (bicyclic) bond motifs is 1. The molecule has 6 heteroatoms. The number of aromatic nitrogens is 2. The molecule has 1 unspecified atom stereocenters. The van der Waals surface area contributed by atoms with E-state index in [2.05, 4.69) is 16.8 Å². The second-order valence-electron chi connectivity index (χ2n) is 5.60. The van der Waals surface area contributed by atoms with Gasteiger partial charge in [0.15, 0.2) is 5.69 Å². The summed E-state index contributed by atoms with van der Waals surface area (Å²) in [4.78, 5) is 18.0. The maximum absolute atomic E-state index is 11.5. The van der Waals surface area contributed by atoms with Crippen molar-refractivity contribution in [1.29, 1.82) is 0 Å². The summed E-state index contributed by atoms with van der Waals surface area (Å²) in [5.41, 5.74) is 1.44. The molecule has 0 saturated carbocycles. The number of carbonyl (C=O) groups is 1. The molecule has 0 aliphatic carbocycles. The van der Waals surface area contributed by atoms with E-state index in [1.807, 2.05) is 0 Å². The van der Waals surface area contributed by atoms with Crippen molar-refractivity contribution in [2.75, 3.05) is 6.54 Å². The van der Waals surface area contributed by atoms with E-state index in [1.165, 1.54) is 6.42 Å². The molecule has 112 valence electrons. The van der Waals surface area contributed by atoms with Gasteiger partial charge in [0, 0.05) is 18.8 Å². The lowest BCUT2D eigenvalue weighted by atomic mass is 10.0. The fraction of sp³-hybridized carbons (Fsp3) is 0.467. The number of rotatable bonds is 3. The largest absolute Gasteiger partial charge is 0.476 e. The third-order valence-electron chi connectivity index (χ3n) is 4.18. The number of piperidine rings is 1. The van der Waals surface area contributed by atoms with Gasteiger partial charge >= 0.3 is 5.97 Å². The summed E-state index contributed by atoms with van der Waals surface area (Å²) in [6, 6.07) is 3.94. The van der Waals surface area contributed by atoms with Gasteiger partial charge in [-0.2, -0.15) is 0 Å². The SMILES string of the molecule is CC1CCCCN1Cc1c(C(=O)O)nc2ccc(Cl)cn12. The summed E-state index contributed by atoms with van der Waals surface area (Å²) >= 11 is 6.04. The van der Waals surface area contributed by atoms with Crippen molar-refractivity contribution in [1.82, 2.24) is 14.3 Å². The van der Waals surface area contributed by atoms with E-state index < -0.39 is 5.97 Å². The first-order valence-corrected chi connectivity index (χ1v) is 7.58. The van der Waals surface area contributed by atoms with Crippen LogP contribution < -0.4 is 0 Å². The third kappa shape index (κ3) is 2.76. The van der Waals surface area contributed by atoms with E-state index in [4.69, 9.17) is 11.6 Å². The highest BCUT2D eigenvalue weighted by atomic mass is 35.5. The molecule has 1 saturated heterocycles. The molecule has 2 aromatic heterocycles. The average Bonchev–Trinajstić information content (AvgIpc) is 2.80. The molecule has 0 radical (unpaired) electrons. The third-order valence-corrected chi connectivity index (χ3v) is 4.40. The van der Waals surface area contributed by atoms with Crippen molar-refractivity contribution in [3.63, 3.8) is 0 Å². The van der Waals surface area contributed by atoms with Gasteiger partial charge in [-0.1, -0.05) is 18.0 Å². The lowest BCUT2D eigenvalue weighted by Gasteiger charge is -2.33. The summed E-state index contributed by atoms with van der Waals surface area (Å²) in [6.45, 7) is 3.77. The topological polar surface area (TPSA) is 57.8 Å². The van der Waals surface area contributed by atoms with E-state index in [-0.39, 0.29) is 5.69 Å². The van der Waals surface area contributed by atoms with Crippen LogP contribution in [-0.2, 0) is 6.54 Å². The fourth-order valence-corrected chi connectivity index (χ4v) is 3.14. The minimum Gasteiger partial charge on any atom is -0.476 e. The van der Waals surface area contributed by atoms with Crippen molar-refractivity contribution in [3.05, 3.63) is 34.7 Å². The van der Waals surface area contributed by atoms with Crippen LogP contribution in [-0.4, -0.2) is 37.9 Å². The Bertz CT molecular complexity index is 683. The Morgan fingerprint density at radius 3 is 3.00 bits per heavy atom. The molecular weight excluding hydrogens is 290 g/mol. The van der Waals surface area contributed by atoms with Gasteiger partial charge in [0.05, 0.1) is 10.7 Å². The Morgan fingerprint density at radius 1 is 1.48 bits per heavy atom. The molecule has 2 aromatic rings. The normalized spacial score (nSPS) is 20.0. The number of hydrogen-bond acceptors (Lipinski definition) is 3. The highest BCUT2D eigenvalue weighted by Gasteiger charge is 2.24. The second kappa shape index (κ2) is 5.66. The van der Waals surface area contributed by atoms with Crippen LogP contribution in [0.3, 0.4) is 0 Å². The molecule has 1 atom stereocenters. The molecule has 1 fully saturated rings. The Hall–Kier alpha value is -1.59. The number of carboxylic acid groups (broad SMARTS) is 1. The van der Waals surface area contributed by atoms with Gasteiger partial charge in [0.25, 0.3) is 0 Å². The molecule has 0 amide bonds. The van der Waals surface area contributed by atoms with Gasteiger partial charge < -0.3 is 9.51 Å². The van der Waals surface area contributed by atoms with Gasteiger partial charge in [-0.05, 0) is 38.4 Å². The zero-order valence-electron chi connectivity index (χ0n) is 11.9. The van der Waals surface area contributed by atoms with Crippen molar-refractivity contribution in [2.24, 2.45) is 0 Å². The molecule has 0 bridgehead atoms. The zero-order valence-corrected chi connectivity index (χ0v) is 12.7. The molecule has 5 nitrogen and oxygen atoms in total. The molecule has 0 spiro atoms. The molecule has 3 rings (SSSR count). The maximum Gasteiger partial charge on any atom is 0.356 e. The maximum atomic E-state index is 11.5. The highest BCUT2D eigenvalue weighted by Crippen LogP contribution is 2.23. The minimum atomic E-state index is -0.991. The van der Waals surface area contributed by atoms with Crippen LogP contribution in [0.5, 0.6) is 0 Å². The standard InChI is InChI=1S/C15H18ClN3O2/c1-10-4-2-3-7-18(10)9-12-14(15(20)21)17-13-6-5-11(16)8-19(12)13/h5-6,8,10H,2-4,7,9H2,1H3,(H,20,21). The first-order valence-electron chi connectivity index (χ1n) is 7.20. The first kappa shape index (κ1) is 14.4. The van der Waals surface area contributed by atoms with Crippen molar-refractivity contribution < 1.29 is 9.90 Å². The van der Waals surface area contributed by atoms with Gasteiger partial charge in [0.1, 0.15) is 5.65 Å². The van der Waals surface area contributed by atoms with Crippen LogP contribution in [0.1, 0.15) is 42.4 Å². The van der Waals surface area contributed by atoms with E-state index in [9.17, 15) is 9.90 Å². The number of likely N-dealkylation sites (tertiary alicyclic amines) is 1. The van der Waals surface area contributed by atoms with E-state index in [1.54, 1.807) is 22.7 Å². The second-order valence-corrected chi connectivity index (χ2v) is 6.04. The quantitative estimate of drug-likeness (QED) is 0.947. The van der Waals surface area contributed by atoms with Crippen LogP contribution in [0.2, 0.25) is 5.02 Å². The fourth-order valence-electron chi connectivity index (χ4n) is 2.97. The Labute approximate surface area is 128 Å². The molecule has 1 N–H and O–H groups in total. The molecular formula is C15H18ClN3O2. The van der Waals surface area contributed by atoms with Crippen LogP contribution in [0, 0.1) is 0 Å². The molecule has 1 aliphatic rings. The van der Waals surface area contributed by atoms with Crippen molar-refractivity contribution in [2.45, 2.75) is 38.8 Å². The van der Waals surface area contributed by atoms with Gasteiger partial charge in [-0.15, -0.1) is 0 Å².